The zero-order valence-electron chi connectivity index (χ0n) is 12.8. The maximum absolute atomic E-state index is 12.5. The van der Waals surface area contributed by atoms with E-state index in [9.17, 15) is 14.7 Å². The zero-order chi connectivity index (χ0) is 17.3. The van der Waals surface area contributed by atoms with Crippen LogP contribution in [0.15, 0.2) is 47.4 Å². The number of amides is 2. The van der Waals surface area contributed by atoms with Gasteiger partial charge in [-0.15, -0.1) is 0 Å². The minimum atomic E-state index is -0.284. The molecule has 6 heteroatoms. The van der Waals surface area contributed by atoms with Crippen LogP contribution in [0.1, 0.15) is 16.7 Å². The first kappa shape index (κ1) is 17.0. The van der Waals surface area contributed by atoms with Crippen molar-refractivity contribution in [2.75, 3.05) is 0 Å². The van der Waals surface area contributed by atoms with Gasteiger partial charge >= 0.3 is 0 Å². The van der Waals surface area contributed by atoms with Gasteiger partial charge in [0.05, 0.1) is 15.0 Å². The predicted molar refractivity (Wildman–Crippen MR) is 104 cm³/mol. The van der Waals surface area contributed by atoms with Crippen molar-refractivity contribution in [3.8, 4) is 5.75 Å². The lowest BCUT2D eigenvalue weighted by atomic mass is 10.1. The highest BCUT2D eigenvalue weighted by Crippen LogP contribution is 2.34. The van der Waals surface area contributed by atoms with Crippen molar-refractivity contribution in [2.24, 2.45) is 0 Å². The highest BCUT2D eigenvalue weighted by molar-refractivity contribution is 14.1. The Morgan fingerprint density at radius 1 is 1.17 bits per heavy atom. The molecule has 2 aromatic rings. The molecule has 0 bridgehead atoms. The molecule has 0 saturated carbocycles. The quantitative estimate of drug-likeness (QED) is 0.550. The van der Waals surface area contributed by atoms with Gasteiger partial charge in [-0.05, 0) is 70.6 Å². The Bertz CT molecular complexity index is 846. The summed E-state index contributed by atoms with van der Waals surface area (Å²) in [6, 6.07) is 12.8. The van der Waals surface area contributed by atoms with E-state index in [0.717, 1.165) is 28.5 Å². The molecule has 0 aliphatic carbocycles. The topological polar surface area (TPSA) is 57.6 Å². The average molecular weight is 451 g/mol. The molecule has 0 aromatic heterocycles. The molecule has 1 N–H and O–H groups in total. The highest BCUT2D eigenvalue weighted by Gasteiger charge is 2.34. The van der Waals surface area contributed by atoms with E-state index in [0.29, 0.717) is 8.48 Å². The molecule has 3 rings (SSSR count). The second-order valence-electron chi connectivity index (χ2n) is 5.46. The van der Waals surface area contributed by atoms with E-state index in [-0.39, 0.29) is 23.4 Å². The van der Waals surface area contributed by atoms with E-state index < -0.39 is 0 Å². The lowest BCUT2D eigenvalue weighted by Crippen LogP contribution is -2.27. The summed E-state index contributed by atoms with van der Waals surface area (Å²) in [5, 5.41) is 9.30. The molecule has 1 aliphatic rings. The summed E-state index contributed by atoms with van der Waals surface area (Å²) in [4.78, 5) is 26.3. The molecule has 24 heavy (non-hydrogen) atoms. The maximum Gasteiger partial charge on any atom is 0.293 e. The fourth-order valence-corrected chi connectivity index (χ4v) is 3.65. The van der Waals surface area contributed by atoms with Gasteiger partial charge in [0.25, 0.3) is 11.1 Å². The van der Waals surface area contributed by atoms with E-state index >= 15 is 0 Å². The van der Waals surface area contributed by atoms with Crippen LogP contribution in [0.25, 0.3) is 6.08 Å². The molecular weight excluding hydrogens is 437 g/mol. The number of hydrogen-bond acceptors (Lipinski definition) is 4. The van der Waals surface area contributed by atoms with Crippen molar-refractivity contribution in [3.05, 3.63) is 67.6 Å². The molecule has 1 saturated heterocycles. The van der Waals surface area contributed by atoms with Crippen LogP contribution < -0.4 is 0 Å². The average Bonchev–Trinajstić information content (AvgIpc) is 2.80. The number of nitrogens with zero attached hydrogens (tertiary/aromatic N) is 1. The number of thioether (sulfide) groups is 1. The van der Waals surface area contributed by atoms with Gasteiger partial charge in [0.2, 0.25) is 0 Å². The number of carbonyl (C=O) groups is 2. The van der Waals surface area contributed by atoms with E-state index in [4.69, 9.17) is 0 Å². The lowest BCUT2D eigenvalue weighted by molar-refractivity contribution is -0.123. The van der Waals surface area contributed by atoms with Crippen LogP contribution in [-0.4, -0.2) is 21.2 Å². The smallest absolute Gasteiger partial charge is 0.293 e. The van der Waals surface area contributed by atoms with Gasteiger partial charge in [0.15, 0.2) is 0 Å². The highest BCUT2D eigenvalue weighted by atomic mass is 127. The van der Waals surface area contributed by atoms with Crippen LogP contribution in [0.2, 0.25) is 0 Å². The third kappa shape index (κ3) is 3.64. The number of aryl methyl sites for hydroxylation is 1. The Kier molecular flexibility index (Phi) is 4.96. The number of hydrogen-bond donors (Lipinski definition) is 1. The van der Waals surface area contributed by atoms with E-state index in [1.165, 1.54) is 4.90 Å². The monoisotopic (exact) mass is 451 g/mol. The Hall–Kier alpha value is -1.80. The van der Waals surface area contributed by atoms with Crippen LogP contribution >= 0.6 is 34.4 Å². The second kappa shape index (κ2) is 6.98. The van der Waals surface area contributed by atoms with Crippen molar-refractivity contribution in [1.29, 1.82) is 0 Å². The van der Waals surface area contributed by atoms with Crippen molar-refractivity contribution >= 4 is 51.6 Å². The second-order valence-corrected chi connectivity index (χ2v) is 7.62. The normalized spacial score (nSPS) is 16.2. The summed E-state index contributed by atoms with van der Waals surface area (Å²) >= 11 is 2.96. The summed E-state index contributed by atoms with van der Waals surface area (Å²) < 4.78 is 0.695. The van der Waals surface area contributed by atoms with Crippen LogP contribution in [-0.2, 0) is 11.3 Å². The molecule has 1 aliphatic heterocycles. The van der Waals surface area contributed by atoms with Gasteiger partial charge < -0.3 is 5.11 Å². The number of halogens is 1. The molecule has 2 amide bonds. The SMILES string of the molecule is Cc1ccc(CN2C(=O)S/C(=C\c3ccc(O)c(I)c3)C2=O)cc1. The van der Waals surface area contributed by atoms with Crippen molar-refractivity contribution in [1.82, 2.24) is 4.90 Å². The summed E-state index contributed by atoms with van der Waals surface area (Å²) in [5.41, 5.74) is 2.83. The Balaban J connectivity index is 1.81. The third-order valence-electron chi connectivity index (χ3n) is 3.60. The van der Waals surface area contributed by atoms with Crippen molar-refractivity contribution in [2.45, 2.75) is 13.5 Å². The van der Waals surface area contributed by atoms with Gasteiger partial charge in [0.1, 0.15) is 5.75 Å². The number of carbonyl (C=O) groups excluding carboxylic acids is 2. The van der Waals surface area contributed by atoms with E-state index in [1.807, 2.05) is 53.8 Å². The maximum atomic E-state index is 12.5. The van der Waals surface area contributed by atoms with Gasteiger partial charge in [-0.3, -0.25) is 14.5 Å². The molecule has 0 spiro atoms. The minimum Gasteiger partial charge on any atom is -0.507 e. The Labute approximate surface area is 157 Å². The fourth-order valence-electron chi connectivity index (χ4n) is 2.28. The van der Waals surface area contributed by atoms with E-state index in [1.54, 1.807) is 24.3 Å². The Morgan fingerprint density at radius 2 is 1.88 bits per heavy atom. The van der Waals surface area contributed by atoms with Crippen LogP contribution in [0.4, 0.5) is 4.79 Å². The number of benzene rings is 2. The summed E-state index contributed by atoms with van der Waals surface area (Å²) in [6.07, 6.45) is 1.68. The first-order chi connectivity index (χ1) is 11.4. The standard InChI is InChI=1S/C18H14INO3S/c1-11-2-4-12(5-3-11)10-20-17(22)16(24-18(20)23)9-13-6-7-15(21)14(19)8-13/h2-9,21H,10H2,1H3/b16-9-. The fraction of sp³-hybridized carbons (Fsp3) is 0.111. The van der Waals surface area contributed by atoms with Gasteiger partial charge in [-0.25, -0.2) is 0 Å². The first-order valence-corrected chi connectivity index (χ1v) is 9.13. The number of aromatic hydroxyl groups is 1. The Morgan fingerprint density at radius 3 is 2.54 bits per heavy atom. The summed E-state index contributed by atoms with van der Waals surface area (Å²) in [6.45, 7) is 2.26. The van der Waals surface area contributed by atoms with Gasteiger partial charge in [0, 0.05) is 0 Å². The molecule has 4 nitrogen and oxygen atoms in total. The molecule has 1 fully saturated rings. The lowest BCUT2D eigenvalue weighted by Gasteiger charge is -2.12. The molecule has 0 unspecified atom stereocenters. The van der Waals surface area contributed by atoms with E-state index in [2.05, 4.69) is 0 Å². The van der Waals surface area contributed by atoms with Crippen molar-refractivity contribution < 1.29 is 14.7 Å². The number of rotatable bonds is 3. The molecule has 122 valence electrons. The zero-order valence-corrected chi connectivity index (χ0v) is 15.8. The number of imide groups is 1. The minimum absolute atomic E-state index is 0.195. The van der Waals surface area contributed by atoms with Crippen LogP contribution in [0, 0.1) is 10.5 Å². The van der Waals surface area contributed by atoms with Crippen LogP contribution in [0.5, 0.6) is 5.75 Å². The van der Waals surface area contributed by atoms with Crippen molar-refractivity contribution in [3.63, 3.8) is 0 Å². The largest absolute Gasteiger partial charge is 0.507 e. The molecule has 2 aromatic carbocycles. The van der Waals surface area contributed by atoms with Crippen LogP contribution in [0.3, 0.4) is 0 Å². The summed E-state index contributed by atoms with van der Waals surface area (Å²) in [5.74, 6) is -0.0890. The molecule has 0 radical (unpaired) electrons. The molecule has 1 heterocycles. The predicted octanol–water partition coefficient (Wildman–Crippen LogP) is 4.54. The van der Waals surface area contributed by atoms with Gasteiger partial charge in [-0.2, -0.15) is 0 Å². The van der Waals surface area contributed by atoms with Gasteiger partial charge in [-0.1, -0.05) is 35.9 Å². The number of phenols is 1. The summed E-state index contributed by atoms with van der Waals surface area (Å²) in [7, 11) is 0. The molecular formula is C18H14INO3S. The number of phenolic OH excluding ortho intramolecular Hbond substituents is 1. The molecule has 0 atom stereocenters. The third-order valence-corrected chi connectivity index (χ3v) is 5.38. The first-order valence-electron chi connectivity index (χ1n) is 7.23.